The Hall–Kier alpha value is -1.99. The molecule has 1 aromatic heterocycles. The SMILES string of the molecule is COc1ccc(Cn2ccn(C3CC3)c2=O)cc1B(O)O. The third-order valence-corrected chi connectivity index (χ3v) is 3.74. The highest BCUT2D eigenvalue weighted by molar-refractivity contribution is 6.59. The number of hydrogen-bond acceptors (Lipinski definition) is 4. The van der Waals surface area contributed by atoms with E-state index in [1.165, 1.54) is 7.11 Å². The number of ether oxygens (including phenoxy) is 1. The van der Waals surface area contributed by atoms with Gasteiger partial charge in [0.15, 0.2) is 0 Å². The predicted octanol–water partition coefficient (Wildman–Crippen LogP) is -0.279. The van der Waals surface area contributed by atoms with Crippen LogP contribution in [0.25, 0.3) is 0 Å². The minimum absolute atomic E-state index is 0.0283. The van der Waals surface area contributed by atoms with Crippen molar-refractivity contribution in [2.75, 3.05) is 7.11 Å². The molecule has 1 aliphatic rings. The van der Waals surface area contributed by atoms with Gasteiger partial charge in [-0.3, -0.25) is 9.13 Å². The highest BCUT2D eigenvalue weighted by atomic mass is 16.5. The zero-order chi connectivity index (χ0) is 15.0. The van der Waals surface area contributed by atoms with Crippen LogP contribution in [0.15, 0.2) is 35.4 Å². The Morgan fingerprint density at radius 2 is 2.10 bits per heavy atom. The van der Waals surface area contributed by atoms with Crippen LogP contribution in [-0.2, 0) is 6.54 Å². The van der Waals surface area contributed by atoms with Gasteiger partial charge < -0.3 is 14.8 Å². The summed E-state index contributed by atoms with van der Waals surface area (Å²) in [7, 11) is -0.131. The Morgan fingerprint density at radius 3 is 2.71 bits per heavy atom. The molecule has 0 bridgehead atoms. The van der Waals surface area contributed by atoms with Crippen LogP contribution in [0.1, 0.15) is 24.4 Å². The van der Waals surface area contributed by atoms with Gasteiger partial charge in [-0.15, -0.1) is 0 Å². The fraction of sp³-hybridized carbons (Fsp3) is 0.357. The molecule has 6 nitrogen and oxygen atoms in total. The number of imidazole rings is 1. The molecule has 2 aromatic rings. The van der Waals surface area contributed by atoms with Gasteiger partial charge in [0, 0.05) is 23.9 Å². The summed E-state index contributed by atoms with van der Waals surface area (Å²) in [6.07, 6.45) is 5.70. The van der Waals surface area contributed by atoms with Crippen LogP contribution in [0.5, 0.6) is 5.75 Å². The summed E-state index contributed by atoms with van der Waals surface area (Å²) in [5.41, 5.74) is 1.08. The average Bonchev–Trinajstić information content (AvgIpc) is 3.25. The summed E-state index contributed by atoms with van der Waals surface area (Å²) in [5.74, 6) is 0.414. The van der Waals surface area contributed by atoms with Crippen LogP contribution in [0.4, 0.5) is 0 Å². The van der Waals surface area contributed by atoms with Crippen molar-refractivity contribution in [3.8, 4) is 5.75 Å². The zero-order valence-electron chi connectivity index (χ0n) is 11.8. The first-order valence-corrected chi connectivity index (χ1v) is 6.90. The standard InChI is InChI=1S/C14H17BN2O4/c1-21-13-5-2-10(8-12(13)15(19)20)9-16-6-7-17(14(16)18)11-3-4-11/h2,5-8,11,19-20H,3-4,9H2,1H3. The van der Waals surface area contributed by atoms with Crippen LogP contribution < -0.4 is 15.9 Å². The van der Waals surface area contributed by atoms with E-state index < -0.39 is 7.12 Å². The fourth-order valence-corrected chi connectivity index (χ4v) is 2.46. The molecule has 7 heteroatoms. The Bertz CT molecular complexity index is 703. The van der Waals surface area contributed by atoms with Crippen LogP contribution in [0.2, 0.25) is 0 Å². The lowest BCUT2D eigenvalue weighted by Crippen LogP contribution is -2.32. The molecule has 0 amide bonds. The van der Waals surface area contributed by atoms with E-state index in [1.54, 1.807) is 27.5 Å². The molecule has 110 valence electrons. The smallest absolute Gasteiger partial charge is 0.492 e. The molecule has 1 fully saturated rings. The van der Waals surface area contributed by atoms with Gasteiger partial charge >= 0.3 is 12.8 Å². The maximum atomic E-state index is 12.2. The number of rotatable bonds is 5. The molecule has 1 saturated carbocycles. The molecule has 0 radical (unpaired) electrons. The van der Waals surface area contributed by atoms with E-state index in [4.69, 9.17) is 4.74 Å². The van der Waals surface area contributed by atoms with E-state index >= 15 is 0 Å². The molecule has 0 unspecified atom stereocenters. The minimum Gasteiger partial charge on any atom is -0.497 e. The first-order chi connectivity index (χ1) is 10.1. The van der Waals surface area contributed by atoms with Crippen molar-refractivity contribution < 1.29 is 14.8 Å². The van der Waals surface area contributed by atoms with E-state index in [1.807, 2.05) is 12.3 Å². The van der Waals surface area contributed by atoms with Gasteiger partial charge in [0.1, 0.15) is 5.75 Å². The largest absolute Gasteiger partial charge is 0.497 e. The maximum absolute atomic E-state index is 12.2. The van der Waals surface area contributed by atoms with E-state index in [0.717, 1.165) is 18.4 Å². The van der Waals surface area contributed by atoms with E-state index in [9.17, 15) is 14.8 Å². The molecule has 3 rings (SSSR count). The number of hydrogen-bond donors (Lipinski definition) is 2. The van der Waals surface area contributed by atoms with Gasteiger partial charge in [-0.2, -0.15) is 0 Å². The van der Waals surface area contributed by atoms with Crippen LogP contribution in [0, 0.1) is 0 Å². The van der Waals surface area contributed by atoms with Crippen molar-refractivity contribution in [2.45, 2.75) is 25.4 Å². The molecule has 0 saturated heterocycles. The van der Waals surface area contributed by atoms with Gasteiger partial charge in [-0.05, 0) is 24.5 Å². The lowest BCUT2D eigenvalue weighted by Gasteiger charge is -2.10. The second kappa shape index (κ2) is 5.42. The average molecular weight is 288 g/mol. The molecule has 0 aliphatic heterocycles. The van der Waals surface area contributed by atoms with Gasteiger partial charge in [0.25, 0.3) is 0 Å². The van der Waals surface area contributed by atoms with Gasteiger partial charge in [-0.25, -0.2) is 4.79 Å². The monoisotopic (exact) mass is 288 g/mol. The Labute approximate surface area is 122 Å². The number of aromatic nitrogens is 2. The topological polar surface area (TPSA) is 76.6 Å². The molecule has 1 aromatic carbocycles. The summed E-state index contributed by atoms with van der Waals surface area (Å²) < 4.78 is 8.46. The second-order valence-corrected chi connectivity index (χ2v) is 5.30. The molecule has 0 spiro atoms. The number of benzene rings is 1. The first kappa shape index (κ1) is 14.0. The minimum atomic E-state index is -1.60. The molecular weight excluding hydrogens is 271 g/mol. The van der Waals surface area contributed by atoms with E-state index in [2.05, 4.69) is 0 Å². The quantitative estimate of drug-likeness (QED) is 0.742. The normalized spacial score (nSPS) is 14.2. The fourth-order valence-electron chi connectivity index (χ4n) is 2.46. The Kier molecular flexibility index (Phi) is 3.61. The second-order valence-electron chi connectivity index (χ2n) is 5.30. The van der Waals surface area contributed by atoms with E-state index in [-0.39, 0.29) is 5.69 Å². The van der Waals surface area contributed by atoms with Gasteiger partial charge in [0.2, 0.25) is 0 Å². The van der Waals surface area contributed by atoms with Crippen LogP contribution in [-0.4, -0.2) is 33.4 Å². The molecule has 1 heterocycles. The molecule has 0 atom stereocenters. The number of nitrogens with zero attached hydrogens (tertiary/aromatic N) is 2. The summed E-state index contributed by atoms with van der Waals surface area (Å²) in [6.45, 7) is 0.391. The highest BCUT2D eigenvalue weighted by Crippen LogP contribution is 2.33. The molecule has 1 aliphatic carbocycles. The lowest BCUT2D eigenvalue weighted by atomic mass is 9.78. The van der Waals surface area contributed by atoms with Crippen molar-refractivity contribution in [3.63, 3.8) is 0 Å². The van der Waals surface area contributed by atoms with Crippen molar-refractivity contribution in [1.29, 1.82) is 0 Å². The van der Waals surface area contributed by atoms with Gasteiger partial charge in [-0.1, -0.05) is 12.1 Å². The van der Waals surface area contributed by atoms with Crippen molar-refractivity contribution >= 4 is 12.6 Å². The Morgan fingerprint density at radius 1 is 1.33 bits per heavy atom. The predicted molar refractivity (Wildman–Crippen MR) is 78.9 cm³/mol. The van der Waals surface area contributed by atoms with Crippen molar-refractivity contribution in [2.24, 2.45) is 0 Å². The Balaban J connectivity index is 1.88. The lowest BCUT2D eigenvalue weighted by molar-refractivity contribution is 0.403. The molecule has 2 N–H and O–H groups in total. The van der Waals surface area contributed by atoms with Crippen LogP contribution in [0.3, 0.4) is 0 Å². The summed E-state index contributed by atoms with van der Waals surface area (Å²) >= 11 is 0. The number of methoxy groups -OCH3 is 1. The summed E-state index contributed by atoms with van der Waals surface area (Å²) in [6, 6.07) is 5.48. The van der Waals surface area contributed by atoms with Crippen LogP contribution >= 0.6 is 0 Å². The third kappa shape index (κ3) is 2.75. The zero-order valence-corrected chi connectivity index (χ0v) is 11.8. The highest BCUT2D eigenvalue weighted by Gasteiger charge is 2.25. The van der Waals surface area contributed by atoms with Crippen molar-refractivity contribution in [1.82, 2.24) is 9.13 Å². The molecular formula is C14H17BN2O4. The third-order valence-electron chi connectivity index (χ3n) is 3.74. The van der Waals surface area contributed by atoms with Gasteiger partial charge in [0.05, 0.1) is 13.7 Å². The van der Waals surface area contributed by atoms with E-state index in [0.29, 0.717) is 23.8 Å². The summed E-state index contributed by atoms with van der Waals surface area (Å²) in [5, 5.41) is 18.7. The maximum Gasteiger partial charge on any atom is 0.492 e. The summed E-state index contributed by atoms with van der Waals surface area (Å²) in [4.78, 5) is 12.2. The van der Waals surface area contributed by atoms with Crippen molar-refractivity contribution in [3.05, 3.63) is 46.6 Å². The first-order valence-electron chi connectivity index (χ1n) is 6.90. The molecule has 21 heavy (non-hydrogen) atoms.